The van der Waals surface area contributed by atoms with E-state index in [0.29, 0.717) is 12.5 Å². The highest BCUT2D eigenvalue weighted by Crippen LogP contribution is 2.40. The molecule has 0 bridgehead atoms. The molecule has 3 rings (SSSR count). The number of aromatic nitrogens is 2. The molecule has 1 aliphatic carbocycles. The summed E-state index contributed by atoms with van der Waals surface area (Å²) in [4.78, 5) is 22.5. The fraction of sp³-hybridized carbons (Fsp3) is 0.471. The summed E-state index contributed by atoms with van der Waals surface area (Å²) in [5, 5.41) is 9.99. The predicted octanol–water partition coefficient (Wildman–Crippen LogP) is 3.20. The van der Waals surface area contributed by atoms with Gasteiger partial charge in [0.2, 0.25) is 0 Å². The van der Waals surface area contributed by atoms with Crippen LogP contribution in [-0.4, -0.2) is 33.6 Å². The summed E-state index contributed by atoms with van der Waals surface area (Å²) >= 11 is 0. The molecule has 1 saturated carbocycles. The Balaban J connectivity index is 2.06. The molecular weight excluding hydrogens is 278 g/mol. The van der Waals surface area contributed by atoms with Crippen LogP contribution in [0.2, 0.25) is 0 Å². The highest BCUT2D eigenvalue weighted by atomic mass is 16.4. The van der Waals surface area contributed by atoms with Crippen LogP contribution in [0.4, 0.5) is 5.82 Å². The lowest BCUT2D eigenvalue weighted by molar-refractivity contribution is -0.136. The fourth-order valence-electron chi connectivity index (χ4n) is 2.65. The first-order chi connectivity index (χ1) is 10.6. The highest BCUT2D eigenvalue weighted by Gasteiger charge is 2.28. The Labute approximate surface area is 130 Å². The van der Waals surface area contributed by atoms with E-state index in [2.05, 4.69) is 23.7 Å². The van der Waals surface area contributed by atoms with E-state index in [4.69, 9.17) is 10.1 Å². The second kappa shape index (κ2) is 5.91. The molecule has 5 nitrogen and oxygen atoms in total. The normalized spacial score (nSPS) is 14.5. The van der Waals surface area contributed by atoms with Crippen molar-refractivity contribution in [2.75, 3.05) is 11.4 Å². The quantitative estimate of drug-likeness (QED) is 0.887. The summed E-state index contributed by atoms with van der Waals surface area (Å²) < 4.78 is 0. The molecule has 0 atom stereocenters. The molecule has 2 aromatic rings. The largest absolute Gasteiger partial charge is 0.481 e. The maximum Gasteiger partial charge on any atom is 0.305 e. The number of aliphatic carboxylic acids is 1. The van der Waals surface area contributed by atoms with Crippen molar-refractivity contribution in [3.05, 3.63) is 30.1 Å². The van der Waals surface area contributed by atoms with Gasteiger partial charge >= 0.3 is 5.97 Å². The summed E-state index contributed by atoms with van der Waals surface area (Å²) in [7, 11) is 0. The molecule has 116 valence electrons. The van der Waals surface area contributed by atoms with Gasteiger partial charge in [0.05, 0.1) is 11.9 Å². The number of nitrogens with zero attached hydrogens (tertiary/aromatic N) is 3. The van der Waals surface area contributed by atoms with E-state index < -0.39 is 5.97 Å². The van der Waals surface area contributed by atoms with Crippen molar-refractivity contribution >= 4 is 22.7 Å². The molecule has 1 fully saturated rings. The van der Waals surface area contributed by atoms with Crippen LogP contribution in [0.25, 0.3) is 10.9 Å². The van der Waals surface area contributed by atoms with Gasteiger partial charge < -0.3 is 10.0 Å². The van der Waals surface area contributed by atoms with Gasteiger partial charge in [0.25, 0.3) is 0 Å². The van der Waals surface area contributed by atoms with Crippen molar-refractivity contribution in [3.8, 4) is 0 Å². The molecule has 5 heteroatoms. The summed E-state index contributed by atoms with van der Waals surface area (Å²) in [6, 6.07) is 8.15. The average molecular weight is 299 g/mol. The molecule has 1 heterocycles. The van der Waals surface area contributed by atoms with Gasteiger partial charge in [-0.05, 0) is 38.8 Å². The molecule has 0 unspecified atom stereocenters. The molecule has 0 amide bonds. The minimum Gasteiger partial charge on any atom is -0.481 e. The second-order valence-electron chi connectivity index (χ2n) is 6.13. The zero-order chi connectivity index (χ0) is 15.7. The number of benzene rings is 1. The third-order valence-corrected chi connectivity index (χ3v) is 4.00. The molecular formula is C17H21N3O2. The first-order valence-corrected chi connectivity index (χ1v) is 7.81. The maximum atomic E-state index is 10.9. The Morgan fingerprint density at radius 2 is 2.05 bits per heavy atom. The molecule has 0 aliphatic heterocycles. The number of para-hydroxylation sites is 1. The van der Waals surface area contributed by atoms with E-state index in [1.807, 2.05) is 24.3 Å². The predicted molar refractivity (Wildman–Crippen MR) is 86.2 cm³/mol. The SMILES string of the molecule is CC(C)N(CCC(=O)O)c1nc(C2CC2)nc2ccccc12. The average Bonchev–Trinajstić information content (AvgIpc) is 3.31. The van der Waals surface area contributed by atoms with Crippen LogP contribution in [0.3, 0.4) is 0 Å². The van der Waals surface area contributed by atoms with E-state index in [0.717, 1.165) is 35.4 Å². The number of rotatable bonds is 6. The van der Waals surface area contributed by atoms with E-state index in [1.165, 1.54) is 0 Å². The van der Waals surface area contributed by atoms with Gasteiger partial charge in [0.15, 0.2) is 0 Å². The van der Waals surface area contributed by atoms with Crippen LogP contribution in [0.15, 0.2) is 24.3 Å². The molecule has 1 aromatic heterocycles. The van der Waals surface area contributed by atoms with E-state index in [9.17, 15) is 4.79 Å². The van der Waals surface area contributed by atoms with Gasteiger partial charge in [-0.15, -0.1) is 0 Å². The lowest BCUT2D eigenvalue weighted by Crippen LogP contribution is -2.34. The number of carboxylic acid groups (broad SMARTS) is 1. The van der Waals surface area contributed by atoms with Crippen molar-refractivity contribution in [3.63, 3.8) is 0 Å². The minimum absolute atomic E-state index is 0.106. The van der Waals surface area contributed by atoms with Crippen LogP contribution in [0, 0.1) is 0 Å². The first-order valence-electron chi connectivity index (χ1n) is 7.81. The topological polar surface area (TPSA) is 66.3 Å². The third-order valence-electron chi connectivity index (χ3n) is 4.00. The summed E-state index contributed by atoms with van der Waals surface area (Å²) in [6.07, 6.45) is 2.40. The first kappa shape index (κ1) is 14.8. The number of fused-ring (bicyclic) bond motifs is 1. The summed E-state index contributed by atoms with van der Waals surface area (Å²) in [5.74, 6) is 1.45. The van der Waals surface area contributed by atoms with Crippen LogP contribution in [0.1, 0.15) is 44.9 Å². The Kier molecular flexibility index (Phi) is 3.96. The summed E-state index contributed by atoms with van der Waals surface area (Å²) in [5.41, 5.74) is 0.940. The number of anilines is 1. The zero-order valence-corrected chi connectivity index (χ0v) is 13.0. The number of hydrogen-bond donors (Lipinski definition) is 1. The van der Waals surface area contributed by atoms with Gasteiger partial charge in [-0.25, -0.2) is 9.97 Å². The van der Waals surface area contributed by atoms with Gasteiger partial charge in [0, 0.05) is 23.9 Å². The second-order valence-corrected chi connectivity index (χ2v) is 6.13. The molecule has 0 radical (unpaired) electrons. The molecule has 22 heavy (non-hydrogen) atoms. The lowest BCUT2D eigenvalue weighted by Gasteiger charge is -2.28. The lowest BCUT2D eigenvalue weighted by atomic mass is 10.2. The Hall–Kier alpha value is -2.17. The van der Waals surface area contributed by atoms with Crippen LogP contribution in [0.5, 0.6) is 0 Å². The number of hydrogen-bond acceptors (Lipinski definition) is 4. The number of carbonyl (C=O) groups is 1. The van der Waals surface area contributed by atoms with Crippen molar-refractivity contribution in [2.45, 2.75) is 45.1 Å². The van der Waals surface area contributed by atoms with Gasteiger partial charge in [-0.2, -0.15) is 0 Å². The van der Waals surface area contributed by atoms with Gasteiger partial charge in [-0.3, -0.25) is 4.79 Å². The number of carboxylic acids is 1. The Bertz CT molecular complexity index is 695. The zero-order valence-electron chi connectivity index (χ0n) is 13.0. The van der Waals surface area contributed by atoms with Crippen LogP contribution in [-0.2, 0) is 4.79 Å². The van der Waals surface area contributed by atoms with Gasteiger partial charge in [0.1, 0.15) is 11.6 Å². The molecule has 1 N–H and O–H groups in total. The fourth-order valence-corrected chi connectivity index (χ4v) is 2.65. The summed E-state index contributed by atoms with van der Waals surface area (Å²) in [6.45, 7) is 4.59. The molecule has 1 aliphatic rings. The minimum atomic E-state index is -0.786. The van der Waals surface area contributed by atoms with Crippen LogP contribution < -0.4 is 4.90 Å². The Morgan fingerprint density at radius 1 is 1.32 bits per heavy atom. The standard InChI is InChI=1S/C17H21N3O2/c1-11(2)20(10-9-15(21)22)17-13-5-3-4-6-14(13)18-16(19-17)12-7-8-12/h3-6,11-12H,7-10H2,1-2H3,(H,21,22). The van der Waals surface area contributed by atoms with Crippen molar-refractivity contribution in [1.82, 2.24) is 9.97 Å². The molecule has 0 saturated heterocycles. The third kappa shape index (κ3) is 3.03. The molecule has 1 aromatic carbocycles. The molecule has 0 spiro atoms. The Morgan fingerprint density at radius 3 is 2.68 bits per heavy atom. The van der Waals surface area contributed by atoms with E-state index in [1.54, 1.807) is 0 Å². The maximum absolute atomic E-state index is 10.9. The van der Waals surface area contributed by atoms with Crippen molar-refractivity contribution in [1.29, 1.82) is 0 Å². The van der Waals surface area contributed by atoms with E-state index >= 15 is 0 Å². The smallest absolute Gasteiger partial charge is 0.305 e. The monoisotopic (exact) mass is 299 g/mol. The van der Waals surface area contributed by atoms with Crippen molar-refractivity contribution < 1.29 is 9.90 Å². The van der Waals surface area contributed by atoms with Crippen LogP contribution >= 0.6 is 0 Å². The highest BCUT2D eigenvalue weighted by molar-refractivity contribution is 5.89. The van der Waals surface area contributed by atoms with Gasteiger partial charge in [-0.1, -0.05) is 12.1 Å². The van der Waals surface area contributed by atoms with E-state index in [-0.39, 0.29) is 12.5 Å². The van der Waals surface area contributed by atoms with Crippen molar-refractivity contribution in [2.24, 2.45) is 0 Å².